The first-order valence-corrected chi connectivity index (χ1v) is 13.5. The van der Waals surface area contributed by atoms with Gasteiger partial charge in [0.1, 0.15) is 18.2 Å². The van der Waals surface area contributed by atoms with E-state index in [-0.39, 0.29) is 17.7 Å². The normalized spacial score (nSPS) is 20.2. The molecule has 1 fully saturated rings. The van der Waals surface area contributed by atoms with Crippen molar-refractivity contribution in [3.8, 4) is 0 Å². The molecule has 1 saturated heterocycles. The molecule has 7 heteroatoms. The van der Waals surface area contributed by atoms with Crippen LogP contribution in [-0.4, -0.2) is 49.6 Å². The van der Waals surface area contributed by atoms with E-state index in [1.165, 1.54) is 4.90 Å². The highest BCUT2D eigenvalue weighted by Crippen LogP contribution is 2.39. The molecule has 0 unspecified atom stereocenters. The van der Waals surface area contributed by atoms with E-state index >= 15 is 0 Å². The van der Waals surface area contributed by atoms with Gasteiger partial charge in [0.25, 0.3) is 0 Å². The third-order valence-electron chi connectivity index (χ3n) is 5.65. The summed E-state index contributed by atoms with van der Waals surface area (Å²) in [7, 11) is -2.05. The van der Waals surface area contributed by atoms with Crippen molar-refractivity contribution in [3.63, 3.8) is 0 Å². The number of hydrogen-bond acceptors (Lipinski definition) is 5. The molecule has 168 valence electrons. The number of ether oxygens (including phenoxy) is 2. The van der Waals surface area contributed by atoms with Crippen LogP contribution < -0.4 is 0 Å². The van der Waals surface area contributed by atoms with Crippen LogP contribution in [0.15, 0.2) is 30.3 Å². The second-order valence-corrected chi connectivity index (χ2v) is 15.2. The first-order chi connectivity index (χ1) is 13.7. The Morgan fingerprint density at radius 1 is 1.07 bits per heavy atom. The molecular weight excluding hydrogens is 398 g/mol. The molecule has 0 radical (unpaired) electrons. The molecule has 2 atom stereocenters. The van der Waals surface area contributed by atoms with Gasteiger partial charge in [0.2, 0.25) is 0 Å². The molecule has 2 rings (SSSR count). The summed E-state index contributed by atoms with van der Waals surface area (Å²) >= 11 is 0. The predicted molar refractivity (Wildman–Crippen MR) is 120 cm³/mol. The maximum atomic E-state index is 12.9. The maximum absolute atomic E-state index is 12.9. The average molecular weight is 436 g/mol. The smallest absolute Gasteiger partial charge is 0.411 e. The zero-order valence-electron chi connectivity index (χ0n) is 19.7. The van der Waals surface area contributed by atoms with Crippen molar-refractivity contribution in [1.29, 1.82) is 0 Å². The van der Waals surface area contributed by atoms with Gasteiger partial charge in [-0.1, -0.05) is 51.1 Å². The summed E-state index contributed by atoms with van der Waals surface area (Å²) in [6, 6.07) is 8.80. The molecular formula is C23H37NO5Si. The highest BCUT2D eigenvalue weighted by atomic mass is 28.4. The van der Waals surface area contributed by atoms with Crippen LogP contribution >= 0.6 is 0 Å². The molecule has 0 aromatic heterocycles. The van der Waals surface area contributed by atoms with Gasteiger partial charge >= 0.3 is 12.1 Å². The Morgan fingerprint density at radius 3 is 2.20 bits per heavy atom. The summed E-state index contributed by atoms with van der Waals surface area (Å²) in [5.74, 6) is -0.425. The van der Waals surface area contributed by atoms with E-state index in [1.54, 1.807) is 0 Å². The summed E-state index contributed by atoms with van der Waals surface area (Å²) in [5, 5.41) is 0.0374. The fourth-order valence-electron chi connectivity index (χ4n) is 3.05. The molecule has 6 nitrogen and oxygen atoms in total. The van der Waals surface area contributed by atoms with E-state index in [4.69, 9.17) is 13.9 Å². The number of amides is 1. The van der Waals surface area contributed by atoms with Crippen LogP contribution in [0.25, 0.3) is 0 Å². The first-order valence-electron chi connectivity index (χ1n) is 10.6. The van der Waals surface area contributed by atoms with E-state index < -0.39 is 32.0 Å². The Kier molecular flexibility index (Phi) is 7.40. The second-order valence-electron chi connectivity index (χ2n) is 10.5. The molecule has 1 aliphatic heterocycles. The third-order valence-corrected chi connectivity index (χ3v) is 10.2. The minimum Gasteiger partial charge on any atom is -0.459 e. The van der Waals surface area contributed by atoms with Gasteiger partial charge in [-0.2, -0.15) is 0 Å². The molecule has 1 heterocycles. The molecule has 0 bridgehead atoms. The minimum absolute atomic E-state index is 0.0374. The van der Waals surface area contributed by atoms with E-state index in [1.807, 2.05) is 51.1 Å². The Labute approximate surface area is 182 Å². The summed E-state index contributed by atoms with van der Waals surface area (Å²) in [6.45, 7) is 16.8. The number of rotatable bonds is 5. The van der Waals surface area contributed by atoms with Crippen LogP contribution in [0.4, 0.5) is 4.79 Å². The summed E-state index contributed by atoms with van der Waals surface area (Å²) in [5.41, 5.74) is 0.259. The van der Waals surface area contributed by atoms with Crippen molar-refractivity contribution in [2.45, 2.75) is 90.4 Å². The quantitative estimate of drug-likeness (QED) is 0.474. The zero-order valence-corrected chi connectivity index (χ0v) is 20.7. The van der Waals surface area contributed by atoms with Crippen molar-refractivity contribution in [2.24, 2.45) is 0 Å². The van der Waals surface area contributed by atoms with Crippen LogP contribution in [-0.2, 0) is 25.3 Å². The summed E-state index contributed by atoms with van der Waals surface area (Å²) in [6.07, 6.45) is -0.308. The van der Waals surface area contributed by atoms with E-state index in [0.29, 0.717) is 13.0 Å². The van der Waals surface area contributed by atoms with Gasteiger partial charge in [0.05, 0.1) is 6.10 Å². The molecule has 0 aliphatic carbocycles. The highest BCUT2D eigenvalue weighted by Gasteiger charge is 2.47. The minimum atomic E-state index is -2.05. The molecule has 1 amide bonds. The van der Waals surface area contributed by atoms with Crippen molar-refractivity contribution in [1.82, 2.24) is 4.90 Å². The Bertz CT molecular complexity index is 736. The average Bonchev–Trinajstić information content (AvgIpc) is 3.01. The molecule has 1 aromatic rings. The third kappa shape index (κ3) is 6.57. The van der Waals surface area contributed by atoms with Crippen LogP contribution in [0, 0.1) is 0 Å². The molecule has 30 heavy (non-hydrogen) atoms. The fourth-order valence-corrected chi connectivity index (χ4v) is 4.40. The molecule has 0 spiro atoms. The lowest BCUT2D eigenvalue weighted by molar-refractivity contribution is -0.150. The molecule has 0 saturated carbocycles. The van der Waals surface area contributed by atoms with Crippen LogP contribution in [0.5, 0.6) is 0 Å². The molecule has 0 N–H and O–H groups in total. The predicted octanol–water partition coefficient (Wildman–Crippen LogP) is 5.13. The first kappa shape index (κ1) is 24.4. The zero-order chi connectivity index (χ0) is 22.7. The number of carbonyl (C=O) groups excluding carboxylic acids is 2. The number of esters is 1. The number of likely N-dealkylation sites (tertiary alicyclic amines) is 1. The lowest BCUT2D eigenvalue weighted by Crippen LogP contribution is -2.45. The van der Waals surface area contributed by atoms with Crippen molar-refractivity contribution in [3.05, 3.63) is 35.9 Å². The van der Waals surface area contributed by atoms with E-state index in [9.17, 15) is 9.59 Å². The SMILES string of the molecule is CC(C)(C)OC(=O)N1C[C@@H](O[Si](C)(C)C(C)(C)C)C[C@H]1C(=O)OCc1ccccc1. The van der Waals surface area contributed by atoms with Gasteiger partial charge in [0.15, 0.2) is 8.32 Å². The number of carbonyl (C=O) groups is 2. The standard InChI is InChI=1S/C23H37NO5Si/c1-22(2,3)28-21(26)24-15-18(29-30(7,8)23(4,5)6)14-19(24)20(25)27-16-17-12-10-9-11-13-17/h9-13,18-19H,14-16H2,1-8H3/t18-,19-/m0/s1. The summed E-state index contributed by atoms with van der Waals surface area (Å²) in [4.78, 5) is 27.2. The summed E-state index contributed by atoms with van der Waals surface area (Å²) < 4.78 is 17.6. The van der Waals surface area contributed by atoms with Crippen molar-refractivity contribution < 1.29 is 23.5 Å². The molecule has 1 aromatic carbocycles. The Hall–Kier alpha value is -1.86. The lowest BCUT2D eigenvalue weighted by Gasteiger charge is -2.38. The Balaban J connectivity index is 2.14. The van der Waals surface area contributed by atoms with Gasteiger partial charge in [-0.05, 0) is 44.5 Å². The van der Waals surface area contributed by atoms with Gasteiger partial charge < -0.3 is 13.9 Å². The highest BCUT2D eigenvalue weighted by molar-refractivity contribution is 6.74. The maximum Gasteiger partial charge on any atom is 0.411 e. The topological polar surface area (TPSA) is 65.1 Å². The Morgan fingerprint density at radius 2 is 1.67 bits per heavy atom. The largest absolute Gasteiger partial charge is 0.459 e. The van der Waals surface area contributed by atoms with E-state index in [0.717, 1.165) is 5.56 Å². The van der Waals surface area contributed by atoms with E-state index in [2.05, 4.69) is 33.9 Å². The van der Waals surface area contributed by atoms with Gasteiger partial charge in [0, 0.05) is 13.0 Å². The fraction of sp³-hybridized carbons (Fsp3) is 0.652. The monoisotopic (exact) mass is 435 g/mol. The number of benzene rings is 1. The number of hydrogen-bond donors (Lipinski definition) is 0. The van der Waals surface area contributed by atoms with Crippen molar-refractivity contribution >= 4 is 20.4 Å². The van der Waals surface area contributed by atoms with Crippen LogP contribution in [0.1, 0.15) is 53.5 Å². The molecule has 1 aliphatic rings. The van der Waals surface area contributed by atoms with Crippen molar-refractivity contribution in [2.75, 3.05) is 6.54 Å². The van der Waals surface area contributed by atoms with Gasteiger partial charge in [-0.25, -0.2) is 9.59 Å². The lowest BCUT2D eigenvalue weighted by atomic mass is 10.2. The van der Waals surface area contributed by atoms with Gasteiger partial charge in [-0.15, -0.1) is 0 Å². The number of nitrogens with zero attached hydrogens (tertiary/aromatic N) is 1. The van der Waals surface area contributed by atoms with Crippen LogP contribution in [0.2, 0.25) is 18.1 Å². The van der Waals surface area contributed by atoms with Gasteiger partial charge in [-0.3, -0.25) is 4.90 Å². The van der Waals surface area contributed by atoms with Crippen LogP contribution in [0.3, 0.4) is 0 Å². The second kappa shape index (κ2) is 9.10.